The van der Waals surface area contributed by atoms with Gasteiger partial charge in [0.05, 0.1) is 37.8 Å². The van der Waals surface area contributed by atoms with Crippen molar-refractivity contribution in [1.82, 2.24) is 15.1 Å². The Kier molecular flexibility index (Phi) is 6.26. The fraction of sp³-hybridized carbons (Fsp3) is 0.381. The number of methoxy groups -OCH3 is 3. The van der Waals surface area contributed by atoms with Gasteiger partial charge in [0, 0.05) is 25.2 Å². The number of nitrogens with one attached hydrogen (secondary N) is 1. The van der Waals surface area contributed by atoms with Crippen LogP contribution in [0, 0.1) is 0 Å². The molecule has 2 aromatic heterocycles. The number of likely N-dealkylation sites (tertiary alicyclic amines) is 1. The highest BCUT2D eigenvalue weighted by Crippen LogP contribution is 2.40. The van der Waals surface area contributed by atoms with E-state index in [0.29, 0.717) is 47.8 Å². The number of ether oxygens (including phenoxy) is 3. The van der Waals surface area contributed by atoms with Crippen LogP contribution in [-0.2, 0) is 0 Å². The van der Waals surface area contributed by atoms with Gasteiger partial charge >= 0.3 is 6.03 Å². The Bertz CT molecular complexity index is 1010. The molecule has 0 saturated carbocycles. The van der Waals surface area contributed by atoms with Gasteiger partial charge in [0.2, 0.25) is 11.6 Å². The van der Waals surface area contributed by atoms with E-state index in [4.69, 9.17) is 18.6 Å². The minimum absolute atomic E-state index is 0.000604. The van der Waals surface area contributed by atoms with E-state index >= 15 is 0 Å². The van der Waals surface area contributed by atoms with Crippen LogP contribution in [0.1, 0.15) is 24.7 Å². The number of anilines is 1. The van der Waals surface area contributed by atoms with Gasteiger partial charge in [0.1, 0.15) is 0 Å². The molecule has 0 bridgehead atoms. The Balaban J connectivity index is 1.46. The number of amides is 2. The second kappa shape index (κ2) is 9.25. The van der Waals surface area contributed by atoms with Crippen LogP contribution >= 0.6 is 11.3 Å². The number of urea groups is 1. The van der Waals surface area contributed by atoms with Crippen molar-refractivity contribution in [2.75, 3.05) is 39.7 Å². The van der Waals surface area contributed by atoms with Crippen LogP contribution < -0.4 is 19.5 Å². The summed E-state index contributed by atoms with van der Waals surface area (Å²) in [6, 6.07) is 7.08. The van der Waals surface area contributed by atoms with Gasteiger partial charge in [0.25, 0.3) is 5.89 Å². The molecule has 0 spiro atoms. The Hall–Kier alpha value is -3.27. The van der Waals surface area contributed by atoms with Crippen molar-refractivity contribution in [1.29, 1.82) is 0 Å². The molecule has 3 aromatic rings. The number of carbonyl (C=O) groups excluding carboxylic acids is 1. The molecular weight excluding hydrogens is 420 g/mol. The minimum atomic E-state index is -0.211. The fourth-order valence-electron chi connectivity index (χ4n) is 3.62. The zero-order valence-electron chi connectivity index (χ0n) is 17.6. The number of nitrogens with zero attached hydrogens (tertiary/aromatic N) is 3. The molecule has 2 amide bonds. The number of hydrogen-bond acceptors (Lipinski definition) is 8. The minimum Gasteiger partial charge on any atom is -0.493 e. The molecule has 0 aliphatic carbocycles. The predicted molar refractivity (Wildman–Crippen MR) is 116 cm³/mol. The van der Waals surface area contributed by atoms with E-state index < -0.39 is 0 Å². The summed E-state index contributed by atoms with van der Waals surface area (Å²) >= 11 is 1.55. The zero-order valence-corrected chi connectivity index (χ0v) is 18.4. The third-order valence-electron chi connectivity index (χ3n) is 5.15. The molecule has 0 unspecified atom stereocenters. The van der Waals surface area contributed by atoms with E-state index in [1.165, 1.54) is 21.3 Å². The Morgan fingerprint density at radius 3 is 2.61 bits per heavy atom. The van der Waals surface area contributed by atoms with Crippen LogP contribution in [0.2, 0.25) is 0 Å². The first-order chi connectivity index (χ1) is 15.1. The van der Waals surface area contributed by atoms with Gasteiger partial charge in [-0.15, -0.1) is 21.5 Å². The van der Waals surface area contributed by atoms with Gasteiger partial charge in [-0.1, -0.05) is 6.07 Å². The molecule has 9 nitrogen and oxygen atoms in total. The van der Waals surface area contributed by atoms with Gasteiger partial charge in [-0.25, -0.2) is 4.79 Å². The second-order valence-electron chi connectivity index (χ2n) is 7.05. The van der Waals surface area contributed by atoms with Crippen molar-refractivity contribution in [3.05, 3.63) is 35.5 Å². The molecule has 4 rings (SSSR count). The summed E-state index contributed by atoms with van der Waals surface area (Å²) < 4.78 is 21.9. The van der Waals surface area contributed by atoms with Crippen molar-refractivity contribution in [3.8, 4) is 28.0 Å². The molecule has 1 aliphatic rings. The van der Waals surface area contributed by atoms with Crippen LogP contribution in [0.3, 0.4) is 0 Å². The number of thiophene rings is 1. The Morgan fingerprint density at radius 2 is 1.97 bits per heavy atom. The smallest absolute Gasteiger partial charge is 0.321 e. The van der Waals surface area contributed by atoms with Crippen molar-refractivity contribution in [3.63, 3.8) is 0 Å². The molecule has 1 aliphatic heterocycles. The van der Waals surface area contributed by atoms with Crippen molar-refractivity contribution in [2.24, 2.45) is 0 Å². The molecule has 1 atom stereocenters. The van der Waals surface area contributed by atoms with Gasteiger partial charge in [-0.3, -0.25) is 0 Å². The topological polar surface area (TPSA) is 99.0 Å². The number of carbonyl (C=O) groups is 1. The lowest BCUT2D eigenvalue weighted by Gasteiger charge is -2.31. The lowest BCUT2D eigenvalue weighted by atomic mass is 9.98. The summed E-state index contributed by atoms with van der Waals surface area (Å²) in [5.74, 6) is 2.50. The first-order valence-electron chi connectivity index (χ1n) is 9.86. The number of hydrogen-bond donors (Lipinski definition) is 1. The summed E-state index contributed by atoms with van der Waals surface area (Å²) in [4.78, 5) is 15.6. The predicted octanol–water partition coefficient (Wildman–Crippen LogP) is 4.24. The van der Waals surface area contributed by atoms with Crippen LogP contribution in [0.15, 0.2) is 34.1 Å². The molecule has 1 aromatic carbocycles. The molecule has 1 saturated heterocycles. The summed E-state index contributed by atoms with van der Waals surface area (Å²) in [6.45, 7) is 1.15. The van der Waals surface area contributed by atoms with Crippen LogP contribution in [0.4, 0.5) is 10.5 Å². The third-order valence-corrected chi connectivity index (χ3v) is 6.00. The molecule has 1 N–H and O–H groups in total. The molecule has 0 radical (unpaired) electrons. The molecule has 31 heavy (non-hydrogen) atoms. The van der Waals surface area contributed by atoms with Gasteiger partial charge < -0.3 is 28.8 Å². The van der Waals surface area contributed by atoms with E-state index in [0.717, 1.165) is 17.7 Å². The van der Waals surface area contributed by atoms with Crippen molar-refractivity contribution >= 4 is 23.1 Å². The number of benzene rings is 1. The van der Waals surface area contributed by atoms with Gasteiger partial charge in [0.15, 0.2) is 11.5 Å². The molecular formula is C21H24N4O5S. The van der Waals surface area contributed by atoms with Crippen molar-refractivity contribution < 1.29 is 23.4 Å². The number of rotatable bonds is 6. The largest absolute Gasteiger partial charge is 0.493 e. The van der Waals surface area contributed by atoms with E-state index in [1.807, 2.05) is 17.5 Å². The standard InChI is InChI=1S/C21H24N4O5S/c1-27-15-10-14(11-16(28-2)18(15)29-3)22-21(26)25-8-4-6-13(12-25)19-23-24-20(30-19)17-7-5-9-31-17/h5,7,9-11,13H,4,6,8,12H2,1-3H3,(H,22,26)/t13-/m0/s1. The highest BCUT2D eigenvalue weighted by molar-refractivity contribution is 7.13. The highest BCUT2D eigenvalue weighted by atomic mass is 32.1. The average Bonchev–Trinajstić information content (AvgIpc) is 3.50. The maximum atomic E-state index is 12.9. The van der Waals surface area contributed by atoms with E-state index in [9.17, 15) is 4.79 Å². The number of aromatic nitrogens is 2. The summed E-state index contributed by atoms with van der Waals surface area (Å²) in [6.07, 6.45) is 1.74. The maximum Gasteiger partial charge on any atom is 0.321 e. The summed E-state index contributed by atoms with van der Waals surface area (Å²) in [5, 5.41) is 13.3. The first kappa shape index (κ1) is 21.0. The molecule has 10 heteroatoms. The van der Waals surface area contributed by atoms with E-state index in [1.54, 1.807) is 28.4 Å². The molecule has 1 fully saturated rings. The SMILES string of the molecule is COc1cc(NC(=O)N2CCC[C@H](c3nnc(-c4cccs4)o3)C2)cc(OC)c1OC. The van der Waals surface area contributed by atoms with Gasteiger partial charge in [-0.05, 0) is 24.3 Å². The van der Waals surface area contributed by atoms with Crippen LogP contribution in [0.5, 0.6) is 17.2 Å². The molecule has 164 valence electrons. The monoisotopic (exact) mass is 444 g/mol. The highest BCUT2D eigenvalue weighted by Gasteiger charge is 2.29. The Morgan fingerprint density at radius 1 is 1.19 bits per heavy atom. The quantitative estimate of drug-likeness (QED) is 0.607. The second-order valence-corrected chi connectivity index (χ2v) is 8.00. The zero-order chi connectivity index (χ0) is 21.8. The Labute approximate surface area is 183 Å². The van der Waals surface area contributed by atoms with Crippen LogP contribution in [0.25, 0.3) is 10.8 Å². The maximum absolute atomic E-state index is 12.9. The fourth-order valence-corrected chi connectivity index (χ4v) is 4.26. The summed E-state index contributed by atoms with van der Waals surface area (Å²) in [5.41, 5.74) is 0.555. The van der Waals surface area contributed by atoms with Crippen LogP contribution in [-0.4, -0.2) is 55.5 Å². The lowest BCUT2D eigenvalue weighted by molar-refractivity contribution is 0.187. The van der Waals surface area contributed by atoms with E-state index in [-0.39, 0.29) is 11.9 Å². The third kappa shape index (κ3) is 4.43. The first-order valence-corrected chi connectivity index (χ1v) is 10.7. The number of piperidine rings is 1. The molecule has 3 heterocycles. The normalized spacial score (nSPS) is 16.1. The summed E-state index contributed by atoms with van der Waals surface area (Å²) in [7, 11) is 4.60. The lowest BCUT2D eigenvalue weighted by Crippen LogP contribution is -2.41. The van der Waals surface area contributed by atoms with E-state index in [2.05, 4.69) is 15.5 Å². The van der Waals surface area contributed by atoms with Crippen molar-refractivity contribution in [2.45, 2.75) is 18.8 Å². The average molecular weight is 445 g/mol. The van der Waals surface area contributed by atoms with Gasteiger partial charge in [-0.2, -0.15) is 0 Å².